The number of anilines is 1. The van der Waals surface area contributed by atoms with Gasteiger partial charge in [0.15, 0.2) is 0 Å². The van der Waals surface area contributed by atoms with Gasteiger partial charge in [-0.15, -0.1) is 0 Å². The molecule has 0 amide bonds. The van der Waals surface area contributed by atoms with Gasteiger partial charge in [0.1, 0.15) is 0 Å². The van der Waals surface area contributed by atoms with Crippen molar-refractivity contribution in [2.24, 2.45) is 0 Å². The summed E-state index contributed by atoms with van der Waals surface area (Å²) < 4.78 is 5.50. The first-order chi connectivity index (χ1) is 9.34. The third-order valence-electron chi connectivity index (χ3n) is 5.11. The van der Waals surface area contributed by atoms with Gasteiger partial charge in [-0.05, 0) is 49.5 Å². The van der Waals surface area contributed by atoms with Gasteiger partial charge in [-0.1, -0.05) is 12.1 Å². The zero-order valence-corrected chi connectivity index (χ0v) is 11.6. The number of benzene rings is 1. The molecule has 1 aromatic rings. The third-order valence-corrected chi connectivity index (χ3v) is 5.11. The second kappa shape index (κ2) is 4.50. The van der Waals surface area contributed by atoms with Crippen molar-refractivity contribution in [1.82, 2.24) is 4.90 Å². The molecule has 3 nitrogen and oxygen atoms in total. The molecule has 102 valence electrons. The van der Waals surface area contributed by atoms with Crippen molar-refractivity contribution in [3.05, 3.63) is 29.3 Å². The average molecular weight is 258 g/mol. The molecule has 4 rings (SSSR count). The van der Waals surface area contributed by atoms with E-state index in [1.54, 1.807) is 11.1 Å². The molecular formula is C16H22N2O. The maximum atomic E-state index is 5.50. The van der Waals surface area contributed by atoms with Gasteiger partial charge in [0.2, 0.25) is 0 Å². The fourth-order valence-electron chi connectivity index (χ4n) is 4.07. The summed E-state index contributed by atoms with van der Waals surface area (Å²) in [6.07, 6.45) is 2.65. The van der Waals surface area contributed by atoms with Crippen LogP contribution in [0.2, 0.25) is 0 Å². The zero-order chi connectivity index (χ0) is 12.8. The number of ether oxygens (including phenoxy) is 1. The number of rotatable bonds is 1. The SMILES string of the molecule is CN1CCC2C[C@@H]1c1c2cccc1N1CCOCC1. The van der Waals surface area contributed by atoms with Gasteiger partial charge in [-0.3, -0.25) is 4.90 Å². The molecule has 0 spiro atoms. The van der Waals surface area contributed by atoms with Crippen LogP contribution in [0.15, 0.2) is 18.2 Å². The topological polar surface area (TPSA) is 15.7 Å². The molecule has 2 atom stereocenters. The molecule has 3 heteroatoms. The molecule has 0 saturated carbocycles. The zero-order valence-electron chi connectivity index (χ0n) is 11.6. The molecule has 2 aliphatic heterocycles. The molecule has 3 aliphatic rings. The van der Waals surface area contributed by atoms with Crippen LogP contribution >= 0.6 is 0 Å². The molecule has 2 bridgehead atoms. The third kappa shape index (κ3) is 1.79. The number of hydrogen-bond donors (Lipinski definition) is 0. The highest BCUT2D eigenvalue weighted by Gasteiger charge is 2.39. The fraction of sp³-hybridized carbons (Fsp3) is 0.625. The predicted octanol–water partition coefficient (Wildman–Crippen LogP) is 2.39. The summed E-state index contributed by atoms with van der Waals surface area (Å²) in [4.78, 5) is 5.07. The second-order valence-electron chi connectivity index (χ2n) is 6.10. The van der Waals surface area contributed by atoms with Gasteiger partial charge in [0, 0.05) is 24.8 Å². The second-order valence-corrected chi connectivity index (χ2v) is 6.10. The van der Waals surface area contributed by atoms with Crippen LogP contribution in [0.3, 0.4) is 0 Å². The molecule has 2 saturated heterocycles. The van der Waals surface area contributed by atoms with Crippen molar-refractivity contribution < 1.29 is 4.74 Å². The first-order valence-electron chi connectivity index (χ1n) is 7.50. The highest BCUT2D eigenvalue weighted by Crippen LogP contribution is 2.51. The lowest BCUT2D eigenvalue weighted by atomic mass is 9.96. The van der Waals surface area contributed by atoms with E-state index in [9.17, 15) is 0 Å². The molecule has 2 heterocycles. The van der Waals surface area contributed by atoms with E-state index in [1.807, 2.05) is 0 Å². The van der Waals surface area contributed by atoms with Crippen molar-refractivity contribution in [2.45, 2.75) is 24.8 Å². The minimum Gasteiger partial charge on any atom is -0.378 e. The molecule has 0 N–H and O–H groups in total. The lowest BCUT2D eigenvalue weighted by molar-refractivity contribution is 0.122. The Balaban J connectivity index is 1.77. The van der Waals surface area contributed by atoms with Crippen molar-refractivity contribution in [3.63, 3.8) is 0 Å². The summed E-state index contributed by atoms with van der Waals surface area (Å²) in [7, 11) is 2.28. The highest BCUT2D eigenvalue weighted by molar-refractivity contribution is 5.61. The normalized spacial score (nSPS) is 30.5. The minimum absolute atomic E-state index is 0.646. The van der Waals surface area contributed by atoms with Crippen LogP contribution in [-0.4, -0.2) is 44.8 Å². The molecule has 2 fully saturated rings. The van der Waals surface area contributed by atoms with E-state index in [-0.39, 0.29) is 0 Å². The maximum absolute atomic E-state index is 5.50. The maximum Gasteiger partial charge on any atom is 0.0642 e. The van der Waals surface area contributed by atoms with E-state index in [0.29, 0.717) is 6.04 Å². The number of piperidine rings is 1. The van der Waals surface area contributed by atoms with Gasteiger partial charge >= 0.3 is 0 Å². The van der Waals surface area contributed by atoms with Crippen LogP contribution in [0, 0.1) is 0 Å². The van der Waals surface area contributed by atoms with Crippen LogP contribution in [0.1, 0.15) is 35.9 Å². The van der Waals surface area contributed by atoms with Crippen LogP contribution in [-0.2, 0) is 4.74 Å². The number of fused-ring (bicyclic) bond motifs is 5. The lowest BCUT2D eigenvalue weighted by Crippen LogP contribution is -2.37. The fourth-order valence-corrected chi connectivity index (χ4v) is 4.07. The van der Waals surface area contributed by atoms with Crippen LogP contribution < -0.4 is 4.90 Å². The quantitative estimate of drug-likeness (QED) is 0.769. The first kappa shape index (κ1) is 11.7. The summed E-state index contributed by atoms with van der Waals surface area (Å²) in [6.45, 7) is 5.06. The summed E-state index contributed by atoms with van der Waals surface area (Å²) in [6, 6.07) is 7.58. The molecule has 1 aliphatic carbocycles. The van der Waals surface area contributed by atoms with Gasteiger partial charge < -0.3 is 9.64 Å². The molecule has 0 aromatic heterocycles. The smallest absolute Gasteiger partial charge is 0.0642 e. The highest BCUT2D eigenvalue weighted by atomic mass is 16.5. The molecule has 1 aromatic carbocycles. The van der Waals surface area contributed by atoms with E-state index >= 15 is 0 Å². The largest absolute Gasteiger partial charge is 0.378 e. The number of hydrogen-bond acceptors (Lipinski definition) is 3. The van der Waals surface area contributed by atoms with E-state index < -0.39 is 0 Å². The van der Waals surface area contributed by atoms with Gasteiger partial charge in [0.05, 0.1) is 13.2 Å². The van der Waals surface area contributed by atoms with Gasteiger partial charge in [0.25, 0.3) is 0 Å². The Morgan fingerprint density at radius 1 is 1.16 bits per heavy atom. The van der Waals surface area contributed by atoms with Gasteiger partial charge in [-0.25, -0.2) is 0 Å². The Hall–Kier alpha value is -1.06. The summed E-state index contributed by atoms with van der Waals surface area (Å²) in [5, 5.41) is 0. The molecule has 1 unspecified atom stereocenters. The summed E-state index contributed by atoms with van der Waals surface area (Å²) in [5.41, 5.74) is 4.72. The lowest BCUT2D eigenvalue weighted by Gasteiger charge is -2.34. The van der Waals surface area contributed by atoms with Crippen LogP contribution in [0.25, 0.3) is 0 Å². The summed E-state index contributed by atoms with van der Waals surface area (Å²) >= 11 is 0. The Labute approximate surface area is 115 Å². The number of morpholine rings is 1. The number of nitrogens with zero attached hydrogens (tertiary/aromatic N) is 2. The Kier molecular flexibility index (Phi) is 2.78. The average Bonchev–Trinajstić information content (AvgIpc) is 2.79. The minimum atomic E-state index is 0.646. The van der Waals surface area contributed by atoms with Crippen molar-refractivity contribution >= 4 is 5.69 Å². The van der Waals surface area contributed by atoms with E-state index in [1.165, 1.54) is 25.1 Å². The van der Waals surface area contributed by atoms with E-state index in [4.69, 9.17) is 4.74 Å². The van der Waals surface area contributed by atoms with Crippen LogP contribution in [0.4, 0.5) is 5.69 Å². The molecule has 19 heavy (non-hydrogen) atoms. The van der Waals surface area contributed by atoms with Crippen molar-refractivity contribution in [3.8, 4) is 0 Å². The Morgan fingerprint density at radius 2 is 2.00 bits per heavy atom. The van der Waals surface area contributed by atoms with E-state index in [2.05, 4.69) is 35.0 Å². The Bertz CT molecular complexity index is 482. The predicted molar refractivity (Wildman–Crippen MR) is 76.8 cm³/mol. The molecule has 0 radical (unpaired) electrons. The van der Waals surface area contributed by atoms with Crippen molar-refractivity contribution in [1.29, 1.82) is 0 Å². The number of likely N-dealkylation sites (tertiary alicyclic amines) is 1. The van der Waals surface area contributed by atoms with Gasteiger partial charge in [-0.2, -0.15) is 0 Å². The van der Waals surface area contributed by atoms with Crippen molar-refractivity contribution in [2.75, 3.05) is 44.8 Å². The van der Waals surface area contributed by atoms with Crippen LogP contribution in [0.5, 0.6) is 0 Å². The monoisotopic (exact) mass is 258 g/mol. The first-order valence-corrected chi connectivity index (χ1v) is 7.50. The standard InChI is InChI=1S/C16H22N2O/c1-17-6-5-12-11-15(17)16-13(12)3-2-4-14(16)18-7-9-19-10-8-18/h2-4,12,15H,5-11H2,1H3/t12?,15-/m1/s1. The Morgan fingerprint density at radius 3 is 2.84 bits per heavy atom. The van der Waals surface area contributed by atoms with E-state index in [0.717, 1.165) is 32.2 Å². The summed E-state index contributed by atoms with van der Waals surface area (Å²) in [5.74, 6) is 0.803. The molecular weight excluding hydrogens is 236 g/mol.